The highest BCUT2D eigenvalue weighted by molar-refractivity contribution is 5.31. The van der Waals surface area contributed by atoms with Gasteiger partial charge in [-0.05, 0) is 5.56 Å². The first-order valence-electron chi connectivity index (χ1n) is 3.41. The standard InChI is InChI=1S/C10H9O/c11-9-5-4-8-10-6-2-1-3-7-10/h1-3,6-8,11H,9H2. The summed E-state index contributed by atoms with van der Waals surface area (Å²) in [6.07, 6.45) is 1.77. The highest BCUT2D eigenvalue weighted by atomic mass is 16.2. The van der Waals surface area contributed by atoms with Crippen LogP contribution in [0.1, 0.15) is 5.56 Å². The third kappa shape index (κ3) is 2.88. The molecule has 0 aliphatic rings. The van der Waals surface area contributed by atoms with E-state index in [2.05, 4.69) is 11.8 Å². The van der Waals surface area contributed by atoms with Crippen molar-refractivity contribution in [3.63, 3.8) is 0 Å². The summed E-state index contributed by atoms with van der Waals surface area (Å²) in [6.45, 7) is -0.0800. The first-order valence-corrected chi connectivity index (χ1v) is 3.41. The molecule has 1 aromatic carbocycles. The van der Waals surface area contributed by atoms with Crippen LogP contribution in [0.15, 0.2) is 30.3 Å². The minimum absolute atomic E-state index is 0.0800. The maximum atomic E-state index is 8.35. The smallest absolute Gasteiger partial charge is 0.104 e. The van der Waals surface area contributed by atoms with Crippen molar-refractivity contribution in [2.24, 2.45) is 0 Å². The van der Waals surface area contributed by atoms with E-state index in [4.69, 9.17) is 5.11 Å². The fourth-order valence-electron chi connectivity index (χ4n) is 0.729. The maximum Gasteiger partial charge on any atom is 0.104 e. The molecule has 0 heterocycles. The van der Waals surface area contributed by atoms with Gasteiger partial charge < -0.3 is 5.11 Å². The molecule has 0 saturated heterocycles. The molecule has 0 amide bonds. The van der Waals surface area contributed by atoms with Crippen molar-refractivity contribution in [3.05, 3.63) is 42.3 Å². The van der Waals surface area contributed by atoms with Gasteiger partial charge in [0.25, 0.3) is 0 Å². The summed E-state index contributed by atoms with van der Waals surface area (Å²) >= 11 is 0. The molecule has 11 heavy (non-hydrogen) atoms. The monoisotopic (exact) mass is 145 g/mol. The molecule has 55 valence electrons. The average Bonchev–Trinajstić information content (AvgIpc) is 2.07. The van der Waals surface area contributed by atoms with Gasteiger partial charge in [-0.1, -0.05) is 42.2 Å². The fourth-order valence-corrected chi connectivity index (χ4v) is 0.729. The zero-order chi connectivity index (χ0) is 7.94. The maximum absolute atomic E-state index is 8.35. The highest BCUT2D eigenvalue weighted by Crippen LogP contribution is 1.99. The van der Waals surface area contributed by atoms with Crippen LogP contribution < -0.4 is 0 Å². The van der Waals surface area contributed by atoms with E-state index in [1.807, 2.05) is 30.3 Å². The van der Waals surface area contributed by atoms with E-state index >= 15 is 0 Å². The summed E-state index contributed by atoms with van der Waals surface area (Å²) in [6, 6.07) is 9.79. The van der Waals surface area contributed by atoms with Crippen molar-refractivity contribution >= 4 is 0 Å². The lowest BCUT2D eigenvalue weighted by molar-refractivity contribution is 0.350. The van der Waals surface area contributed by atoms with E-state index in [0.717, 1.165) is 5.56 Å². The molecule has 0 aliphatic heterocycles. The molecule has 0 aliphatic carbocycles. The van der Waals surface area contributed by atoms with Gasteiger partial charge in [-0.2, -0.15) is 0 Å². The van der Waals surface area contributed by atoms with Crippen molar-refractivity contribution in [3.8, 4) is 11.8 Å². The van der Waals surface area contributed by atoms with Gasteiger partial charge >= 0.3 is 0 Å². The van der Waals surface area contributed by atoms with E-state index in [-0.39, 0.29) is 6.61 Å². The van der Waals surface area contributed by atoms with E-state index < -0.39 is 0 Å². The van der Waals surface area contributed by atoms with E-state index in [0.29, 0.717) is 0 Å². The Bertz CT molecular complexity index is 253. The number of aliphatic hydroxyl groups excluding tert-OH is 1. The Hall–Kier alpha value is -1.26. The van der Waals surface area contributed by atoms with Crippen LogP contribution >= 0.6 is 0 Å². The first kappa shape index (κ1) is 7.84. The van der Waals surface area contributed by atoms with Gasteiger partial charge in [-0.3, -0.25) is 0 Å². The summed E-state index contributed by atoms with van der Waals surface area (Å²) in [4.78, 5) is 0. The Morgan fingerprint density at radius 2 is 2.00 bits per heavy atom. The SMILES string of the molecule is OCC#C[CH]c1ccccc1. The van der Waals surface area contributed by atoms with Crippen LogP contribution in [0.5, 0.6) is 0 Å². The second-order valence-electron chi connectivity index (χ2n) is 2.03. The number of aliphatic hydroxyl groups is 1. The van der Waals surface area contributed by atoms with Crippen molar-refractivity contribution in [1.29, 1.82) is 0 Å². The quantitative estimate of drug-likeness (QED) is 0.589. The predicted octanol–water partition coefficient (Wildman–Crippen LogP) is 1.23. The normalized spacial score (nSPS) is 8.45. The van der Waals surface area contributed by atoms with Gasteiger partial charge in [0.1, 0.15) is 6.61 Å². The van der Waals surface area contributed by atoms with Crippen molar-refractivity contribution < 1.29 is 5.11 Å². The van der Waals surface area contributed by atoms with Gasteiger partial charge in [0.2, 0.25) is 0 Å². The Morgan fingerprint density at radius 3 is 2.64 bits per heavy atom. The molecular weight excluding hydrogens is 136 g/mol. The topological polar surface area (TPSA) is 20.2 Å². The molecule has 0 unspecified atom stereocenters. The predicted molar refractivity (Wildman–Crippen MR) is 44.7 cm³/mol. The molecule has 1 heteroatoms. The van der Waals surface area contributed by atoms with Crippen LogP contribution in [0.3, 0.4) is 0 Å². The minimum Gasteiger partial charge on any atom is -0.384 e. The van der Waals surface area contributed by atoms with E-state index in [9.17, 15) is 0 Å². The lowest BCUT2D eigenvalue weighted by Crippen LogP contribution is -1.77. The molecule has 1 radical (unpaired) electrons. The molecule has 1 nitrogen and oxygen atoms in total. The zero-order valence-electron chi connectivity index (χ0n) is 6.12. The molecule has 0 atom stereocenters. The van der Waals surface area contributed by atoms with Crippen LogP contribution in [0.2, 0.25) is 0 Å². The second-order valence-corrected chi connectivity index (χ2v) is 2.03. The van der Waals surface area contributed by atoms with Gasteiger partial charge in [0.05, 0.1) is 6.42 Å². The van der Waals surface area contributed by atoms with Crippen molar-refractivity contribution in [2.45, 2.75) is 0 Å². The first-order chi connectivity index (χ1) is 5.43. The molecule has 0 fully saturated rings. The minimum atomic E-state index is -0.0800. The van der Waals surface area contributed by atoms with Crippen molar-refractivity contribution in [1.82, 2.24) is 0 Å². The summed E-state index contributed by atoms with van der Waals surface area (Å²) in [5.74, 6) is 5.27. The molecular formula is C10H9O. The summed E-state index contributed by atoms with van der Waals surface area (Å²) in [5, 5.41) is 8.35. The molecule has 0 aromatic heterocycles. The molecule has 0 bridgehead atoms. The summed E-state index contributed by atoms with van der Waals surface area (Å²) in [5.41, 5.74) is 1.06. The van der Waals surface area contributed by atoms with Gasteiger partial charge in [0.15, 0.2) is 0 Å². The lowest BCUT2D eigenvalue weighted by atomic mass is 10.2. The molecule has 1 rings (SSSR count). The number of benzene rings is 1. The molecule has 1 aromatic rings. The highest BCUT2D eigenvalue weighted by Gasteiger charge is 1.84. The largest absolute Gasteiger partial charge is 0.384 e. The van der Waals surface area contributed by atoms with Crippen LogP contribution in [0.4, 0.5) is 0 Å². The molecule has 0 spiro atoms. The van der Waals surface area contributed by atoms with Crippen LogP contribution in [-0.2, 0) is 0 Å². The van der Waals surface area contributed by atoms with Crippen LogP contribution in [0, 0.1) is 18.3 Å². The van der Waals surface area contributed by atoms with E-state index in [1.165, 1.54) is 0 Å². The van der Waals surface area contributed by atoms with Gasteiger partial charge in [-0.15, -0.1) is 0 Å². The molecule has 0 saturated carbocycles. The Kier molecular flexibility index (Phi) is 3.24. The summed E-state index contributed by atoms with van der Waals surface area (Å²) < 4.78 is 0. The zero-order valence-corrected chi connectivity index (χ0v) is 6.12. The van der Waals surface area contributed by atoms with Crippen LogP contribution in [-0.4, -0.2) is 11.7 Å². The summed E-state index contributed by atoms with van der Waals surface area (Å²) in [7, 11) is 0. The average molecular weight is 145 g/mol. The molecule has 1 N–H and O–H groups in total. The Labute approximate surface area is 66.7 Å². The lowest BCUT2D eigenvalue weighted by Gasteiger charge is -1.89. The Morgan fingerprint density at radius 1 is 1.27 bits per heavy atom. The fraction of sp³-hybridized carbons (Fsp3) is 0.100. The van der Waals surface area contributed by atoms with Crippen molar-refractivity contribution in [2.75, 3.05) is 6.61 Å². The Balaban J connectivity index is 2.52. The van der Waals surface area contributed by atoms with E-state index in [1.54, 1.807) is 6.42 Å². The second kappa shape index (κ2) is 4.54. The number of hydrogen-bond acceptors (Lipinski definition) is 1. The third-order valence-electron chi connectivity index (χ3n) is 1.22. The van der Waals surface area contributed by atoms with Crippen LogP contribution in [0.25, 0.3) is 0 Å². The van der Waals surface area contributed by atoms with Gasteiger partial charge in [-0.25, -0.2) is 0 Å². The number of hydrogen-bond donors (Lipinski definition) is 1. The third-order valence-corrected chi connectivity index (χ3v) is 1.22. The number of rotatable bonds is 1. The van der Waals surface area contributed by atoms with Gasteiger partial charge in [0, 0.05) is 0 Å².